The lowest BCUT2D eigenvalue weighted by atomic mass is 10.1. The molecule has 0 spiro atoms. The van der Waals surface area contributed by atoms with E-state index in [1.54, 1.807) is 4.90 Å². The molecule has 0 aliphatic carbocycles. The van der Waals surface area contributed by atoms with Gasteiger partial charge in [0.25, 0.3) is 0 Å². The summed E-state index contributed by atoms with van der Waals surface area (Å²) in [5.74, 6) is 0.0765. The van der Waals surface area contributed by atoms with E-state index in [1.165, 1.54) is 0 Å². The lowest BCUT2D eigenvalue weighted by molar-refractivity contribution is -0.157. The van der Waals surface area contributed by atoms with Gasteiger partial charge < -0.3 is 9.64 Å². The summed E-state index contributed by atoms with van der Waals surface area (Å²) in [5.41, 5.74) is 0. The quantitative estimate of drug-likeness (QED) is 0.615. The van der Waals surface area contributed by atoms with Gasteiger partial charge in [-0.05, 0) is 26.7 Å². The van der Waals surface area contributed by atoms with E-state index in [2.05, 4.69) is 12.6 Å². The van der Waals surface area contributed by atoms with Crippen molar-refractivity contribution < 1.29 is 14.3 Å². The fourth-order valence-electron chi connectivity index (χ4n) is 1.95. The van der Waals surface area contributed by atoms with Crippen LogP contribution < -0.4 is 0 Å². The summed E-state index contributed by atoms with van der Waals surface area (Å²) >= 11 is 4.12. The summed E-state index contributed by atoms with van der Waals surface area (Å²) in [5, 5.41) is 0. The third-order valence-electron chi connectivity index (χ3n) is 2.86. The molecule has 1 fully saturated rings. The smallest absolute Gasteiger partial charge is 0.329 e. The summed E-state index contributed by atoms with van der Waals surface area (Å²) in [7, 11) is 0. The van der Waals surface area contributed by atoms with Gasteiger partial charge in [0.1, 0.15) is 6.04 Å². The Balaban J connectivity index is 2.66. The Hall–Kier alpha value is -0.710. The maximum atomic E-state index is 12.0. The van der Waals surface area contributed by atoms with Crippen molar-refractivity contribution in [2.75, 3.05) is 12.3 Å². The minimum absolute atomic E-state index is 0.00297. The van der Waals surface area contributed by atoms with Crippen molar-refractivity contribution in [3.63, 3.8) is 0 Å². The van der Waals surface area contributed by atoms with Gasteiger partial charge in [-0.2, -0.15) is 12.6 Å². The molecule has 1 heterocycles. The Morgan fingerprint density at radius 1 is 1.41 bits per heavy atom. The molecule has 4 nitrogen and oxygen atoms in total. The Kier molecular flexibility index (Phi) is 5.31. The second kappa shape index (κ2) is 6.28. The average Bonchev–Trinajstić information content (AvgIpc) is 2.74. The molecule has 0 aromatic heterocycles. The zero-order valence-electron chi connectivity index (χ0n) is 10.7. The van der Waals surface area contributed by atoms with E-state index < -0.39 is 6.04 Å². The zero-order valence-corrected chi connectivity index (χ0v) is 11.6. The van der Waals surface area contributed by atoms with Crippen molar-refractivity contribution in [1.82, 2.24) is 4.90 Å². The molecule has 0 N–H and O–H groups in total. The van der Waals surface area contributed by atoms with Crippen LogP contribution in [0.3, 0.4) is 0 Å². The van der Waals surface area contributed by atoms with Gasteiger partial charge in [0.2, 0.25) is 5.91 Å². The summed E-state index contributed by atoms with van der Waals surface area (Å²) in [4.78, 5) is 25.5. The predicted octanol–water partition coefficient (Wildman–Crippen LogP) is 1.49. The van der Waals surface area contributed by atoms with E-state index in [9.17, 15) is 9.59 Å². The van der Waals surface area contributed by atoms with Crippen LogP contribution in [-0.4, -0.2) is 41.2 Å². The van der Waals surface area contributed by atoms with Gasteiger partial charge in [0, 0.05) is 18.2 Å². The van der Waals surface area contributed by atoms with Gasteiger partial charge in [-0.1, -0.05) is 6.92 Å². The van der Waals surface area contributed by atoms with Crippen LogP contribution >= 0.6 is 12.6 Å². The Labute approximate surface area is 108 Å². The van der Waals surface area contributed by atoms with E-state index in [0.717, 1.165) is 6.42 Å². The molecule has 1 amide bonds. The lowest BCUT2D eigenvalue weighted by Gasteiger charge is -2.26. The average molecular weight is 259 g/mol. The predicted molar refractivity (Wildman–Crippen MR) is 69.0 cm³/mol. The number of hydrogen-bond donors (Lipinski definition) is 1. The molecule has 0 aromatic carbocycles. The first-order chi connectivity index (χ1) is 7.97. The Bertz CT molecular complexity index is 293. The molecule has 1 aliphatic heterocycles. The van der Waals surface area contributed by atoms with E-state index in [1.807, 2.05) is 20.8 Å². The minimum atomic E-state index is -0.396. The normalized spacial score (nSPS) is 21.7. The maximum absolute atomic E-state index is 12.0. The summed E-state index contributed by atoms with van der Waals surface area (Å²) in [6.45, 7) is 6.11. The van der Waals surface area contributed by atoms with Crippen molar-refractivity contribution >= 4 is 24.5 Å². The second-order valence-electron chi connectivity index (χ2n) is 4.76. The van der Waals surface area contributed by atoms with Crippen LogP contribution in [0.25, 0.3) is 0 Å². The van der Waals surface area contributed by atoms with Crippen molar-refractivity contribution in [2.45, 2.75) is 45.8 Å². The summed E-state index contributed by atoms with van der Waals surface area (Å²) < 4.78 is 5.18. The van der Waals surface area contributed by atoms with Crippen molar-refractivity contribution in [2.24, 2.45) is 5.92 Å². The molecular formula is C12H21NO3S. The van der Waals surface area contributed by atoms with Gasteiger partial charge in [-0.25, -0.2) is 4.79 Å². The molecule has 5 heteroatoms. The van der Waals surface area contributed by atoms with Crippen molar-refractivity contribution in [3.8, 4) is 0 Å². The fraction of sp³-hybridized carbons (Fsp3) is 0.833. The van der Waals surface area contributed by atoms with Crippen LogP contribution in [0.4, 0.5) is 0 Å². The number of hydrogen-bond acceptors (Lipinski definition) is 4. The van der Waals surface area contributed by atoms with Crippen LogP contribution in [0.2, 0.25) is 0 Å². The van der Waals surface area contributed by atoms with E-state index >= 15 is 0 Å². The van der Waals surface area contributed by atoms with Gasteiger partial charge >= 0.3 is 5.97 Å². The first-order valence-electron chi connectivity index (χ1n) is 6.09. The van der Waals surface area contributed by atoms with Gasteiger partial charge in [-0.3, -0.25) is 4.79 Å². The van der Waals surface area contributed by atoms with Crippen molar-refractivity contribution in [1.29, 1.82) is 0 Å². The minimum Gasteiger partial charge on any atom is -0.461 e. The SMILES string of the molecule is CC(C)OC(=O)[C@@H]1CCCN1C(=O)[C@H](C)CS. The van der Waals surface area contributed by atoms with Gasteiger partial charge in [0.05, 0.1) is 6.10 Å². The molecule has 1 rings (SSSR count). The zero-order chi connectivity index (χ0) is 13.0. The van der Waals surface area contributed by atoms with Crippen LogP contribution in [0, 0.1) is 5.92 Å². The highest BCUT2D eigenvalue weighted by atomic mass is 32.1. The molecule has 0 saturated carbocycles. The fourth-order valence-corrected chi connectivity index (χ4v) is 2.10. The van der Waals surface area contributed by atoms with Gasteiger partial charge in [0.15, 0.2) is 0 Å². The summed E-state index contributed by atoms with van der Waals surface area (Å²) in [6, 6.07) is -0.396. The number of carbonyl (C=O) groups excluding carboxylic acids is 2. The van der Waals surface area contributed by atoms with E-state index in [4.69, 9.17) is 4.74 Å². The molecule has 0 radical (unpaired) electrons. The number of esters is 1. The molecular weight excluding hydrogens is 238 g/mol. The van der Waals surface area contributed by atoms with Gasteiger partial charge in [-0.15, -0.1) is 0 Å². The number of nitrogens with zero attached hydrogens (tertiary/aromatic N) is 1. The second-order valence-corrected chi connectivity index (χ2v) is 5.12. The highest BCUT2D eigenvalue weighted by molar-refractivity contribution is 7.80. The van der Waals surface area contributed by atoms with Crippen LogP contribution in [0.15, 0.2) is 0 Å². The Morgan fingerprint density at radius 3 is 2.59 bits per heavy atom. The highest BCUT2D eigenvalue weighted by Gasteiger charge is 2.36. The topological polar surface area (TPSA) is 46.6 Å². The molecule has 98 valence electrons. The Morgan fingerprint density at radius 2 is 2.06 bits per heavy atom. The van der Waals surface area contributed by atoms with Crippen LogP contribution in [0.5, 0.6) is 0 Å². The highest BCUT2D eigenvalue weighted by Crippen LogP contribution is 2.21. The molecule has 1 saturated heterocycles. The number of amides is 1. The van der Waals surface area contributed by atoms with E-state index in [-0.39, 0.29) is 23.9 Å². The molecule has 2 atom stereocenters. The summed E-state index contributed by atoms with van der Waals surface area (Å²) in [6.07, 6.45) is 1.43. The number of rotatable bonds is 4. The van der Waals surface area contributed by atoms with E-state index in [0.29, 0.717) is 18.7 Å². The van der Waals surface area contributed by atoms with Crippen molar-refractivity contribution in [3.05, 3.63) is 0 Å². The first-order valence-corrected chi connectivity index (χ1v) is 6.72. The monoisotopic (exact) mass is 259 g/mol. The lowest BCUT2D eigenvalue weighted by Crippen LogP contribution is -2.44. The largest absolute Gasteiger partial charge is 0.461 e. The third kappa shape index (κ3) is 3.63. The molecule has 1 aliphatic rings. The number of ether oxygens (including phenoxy) is 1. The standard InChI is InChI=1S/C12H21NO3S/c1-8(2)16-12(15)10-5-4-6-13(10)11(14)9(3)7-17/h8-10,17H,4-7H2,1-3H3/t9-,10+/m1/s1. The molecule has 17 heavy (non-hydrogen) atoms. The number of carbonyl (C=O) groups is 2. The number of thiol groups is 1. The maximum Gasteiger partial charge on any atom is 0.329 e. The molecule has 0 unspecified atom stereocenters. The first kappa shape index (κ1) is 14.4. The molecule has 0 bridgehead atoms. The number of likely N-dealkylation sites (tertiary alicyclic amines) is 1. The van der Waals surface area contributed by atoms with Crippen LogP contribution in [0.1, 0.15) is 33.6 Å². The van der Waals surface area contributed by atoms with Crippen LogP contribution in [-0.2, 0) is 14.3 Å². The molecule has 0 aromatic rings. The third-order valence-corrected chi connectivity index (χ3v) is 3.40.